The van der Waals surface area contributed by atoms with Crippen LogP contribution in [0, 0.1) is 0 Å². The predicted molar refractivity (Wildman–Crippen MR) is 90.9 cm³/mol. The van der Waals surface area contributed by atoms with Gasteiger partial charge in [0.05, 0.1) is 23.7 Å². The molecule has 0 bridgehead atoms. The number of amides is 1. The fraction of sp³-hybridized carbons (Fsp3) is 0.778. The first-order valence-electron chi connectivity index (χ1n) is 9.02. The smallest absolute Gasteiger partial charge is 0.221 e. The van der Waals surface area contributed by atoms with Crippen LogP contribution in [0.1, 0.15) is 71.9 Å². The van der Waals surface area contributed by atoms with Crippen molar-refractivity contribution in [2.24, 2.45) is 0 Å². The highest BCUT2D eigenvalue weighted by molar-refractivity contribution is 5.74. The minimum absolute atomic E-state index is 0.0692. The monoisotopic (exact) mass is 321 g/mol. The zero-order chi connectivity index (χ0) is 16.9. The molecule has 1 fully saturated rings. The molecule has 23 heavy (non-hydrogen) atoms. The van der Waals surface area contributed by atoms with E-state index in [1.165, 1.54) is 0 Å². The van der Waals surface area contributed by atoms with Gasteiger partial charge in [0.1, 0.15) is 6.23 Å². The van der Waals surface area contributed by atoms with Gasteiger partial charge in [-0.15, -0.1) is 0 Å². The minimum atomic E-state index is -0.242. The summed E-state index contributed by atoms with van der Waals surface area (Å²) in [5.41, 5.74) is 0.757. The lowest BCUT2D eigenvalue weighted by Crippen LogP contribution is -2.49. The molecule has 1 N–H and O–H groups in total. The van der Waals surface area contributed by atoms with E-state index < -0.39 is 0 Å². The molecule has 0 spiro atoms. The van der Waals surface area contributed by atoms with Crippen molar-refractivity contribution in [1.29, 1.82) is 0 Å². The molecule has 5 nitrogen and oxygen atoms in total. The van der Waals surface area contributed by atoms with Gasteiger partial charge < -0.3 is 14.6 Å². The maximum Gasteiger partial charge on any atom is 0.221 e. The van der Waals surface area contributed by atoms with E-state index in [1.807, 2.05) is 11.1 Å². The Kier molecular flexibility index (Phi) is 6.22. The molecule has 1 aliphatic heterocycles. The van der Waals surface area contributed by atoms with Crippen molar-refractivity contribution in [3.8, 4) is 0 Å². The van der Waals surface area contributed by atoms with Crippen LogP contribution >= 0.6 is 0 Å². The van der Waals surface area contributed by atoms with Gasteiger partial charge in [0, 0.05) is 19.5 Å². The van der Waals surface area contributed by atoms with Crippen LogP contribution in [0.3, 0.4) is 0 Å². The summed E-state index contributed by atoms with van der Waals surface area (Å²) in [6.45, 7) is 8.19. The Morgan fingerprint density at radius 3 is 2.48 bits per heavy atom. The van der Waals surface area contributed by atoms with Crippen molar-refractivity contribution in [1.82, 2.24) is 14.9 Å². The summed E-state index contributed by atoms with van der Waals surface area (Å²) in [5, 5.41) is 0. The van der Waals surface area contributed by atoms with Gasteiger partial charge in [-0.3, -0.25) is 4.79 Å². The van der Waals surface area contributed by atoms with E-state index >= 15 is 0 Å². The number of carbonyl (C=O) groups is 1. The highest BCUT2D eigenvalue weighted by Crippen LogP contribution is 2.42. The fourth-order valence-electron chi connectivity index (χ4n) is 4.04. The number of H-pyrrole nitrogens is 1. The van der Waals surface area contributed by atoms with E-state index in [4.69, 9.17) is 4.74 Å². The lowest BCUT2D eigenvalue weighted by molar-refractivity contribution is -0.136. The van der Waals surface area contributed by atoms with Crippen molar-refractivity contribution in [3.05, 3.63) is 18.2 Å². The van der Waals surface area contributed by atoms with Crippen LogP contribution in [0.5, 0.6) is 0 Å². The second-order valence-electron chi connectivity index (χ2n) is 6.63. The predicted octanol–water partition coefficient (Wildman–Crippen LogP) is 3.66. The Labute approximate surface area is 139 Å². The highest BCUT2D eigenvalue weighted by Gasteiger charge is 2.52. The Bertz CT molecular complexity index is 480. The third-order valence-electron chi connectivity index (χ3n) is 4.83. The molecule has 0 saturated carbocycles. The van der Waals surface area contributed by atoms with Crippen molar-refractivity contribution in [2.75, 3.05) is 0 Å². The lowest BCUT2D eigenvalue weighted by Gasteiger charge is -2.35. The number of aromatic amines is 1. The molecule has 2 heterocycles. The van der Waals surface area contributed by atoms with Crippen LogP contribution in [-0.2, 0) is 16.0 Å². The van der Waals surface area contributed by atoms with Gasteiger partial charge in [-0.05, 0) is 19.3 Å². The van der Waals surface area contributed by atoms with Crippen LogP contribution in [0.4, 0.5) is 0 Å². The van der Waals surface area contributed by atoms with Gasteiger partial charge in [0.15, 0.2) is 0 Å². The molecule has 2 rings (SSSR count). The molecular formula is C18H31N3O2. The molecule has 2 atom stereocenters. The third-order valence-corrected chi connectivity index (χ3v) is 4.83. The maximum atomic E-state index is 12.4. The second kappa shape index (κ2) is 7.95. The summed E-state index contributed by atoms with van der Waals surface area (Å²) < 4.78 is 6.57. The van der Waals surface area contributed by atoms with Crippen molar-refractivity contribution >= 4 is 5.91 Å². The fourth-order valence-corrected chi connectivity index (χ4v) is 4.04. The summed E-state index contributed by atoms with van der Waals surface area (Å²) in [5.74, 6) is 0.109. The van der Waals surface area contributed by atoms with Crippen molar-refractivity contribution in [2.45, 2.75) is 90.5 Å². The molecular weight excluding hydrogens is 290 g/mol. The number of carbonyl (C=O) groups excluding carboxylic acids is 1. The van der Waals surface area contributed by atoms with Crippen molar-refractivity contribution in [3.63, 3.8) is 0 Å². The molecule has 130 valence electrons. The van der Waals surface area contributed by atoms with Gasteiger partial charge in [0.25, 0.3) is 0 Å². The summed E-state index contributed by atoms with van der Waals surface area (Å²) in [4.78, 5) is 21.8. The van der Waals surface area contributed by atoms with Crippen LogP contribution in [0.25, 0.3) is 0 Å². The number of hydrogen-bond donors (Lipinski definition) is 1. The Balaban J connectivity index is 2.37. The number of hydrogen-bond acceptors (Lipinski definition) is 3. The van der Waals surface area contributed by atoms with E-state index in [9.17, 15) is 4.79 Å². The molecule has 0 radical (unpaired) electrons. The van der Waals surface area contributed by atoms with Gasteiger partial charge >= 0.3 is 0 Å². The minimum Gasteiger partial charge on any atom is -0.351 e. The topological polar surface area (TPSA) is 58.2 Å². The van der Waals surface area contributed by atoms with E-state index in [1.54, 1.807) is 13.3 Å². The zero-order valence-electron chi connectivity index (χ0n) is 15.0. The van der Waals surface area contributed by atoms with E-state index in [0.29, 0.717) is 0 Å². The first-order chi connectivity index (χ1) is 11.1. The Morgan fingerprint density at radius 2 is 2.00 bits per heavy atom. The van der Waals surface area contributed by atoms with E-state index in [-0.39, 0.29) is 23.8 Å². The molecule has 5 heteroatoms. The first kappa shape index (κ1) is 18.0. The number of ether oxygens (including phenoxy) is 1. The maximum absolute atomic E-state index is 12.4. The van der Waals surface area contributed by atoms with Crippen LogP contribution in [0.15, 0.2) is 12.5 Å². The third kappa shape index (κ3) is 3.77. The van der Waals surface area contributed by atoms with E-state index in [2.05, 4.69) is 30.7 Å². The molecule has 0 aromatic carbocycles. The zero-order valence-corrected chi connectivity index (χ0v) is 15.0. The quantitative estimate of drug-likeness (QED) is 0.795. The van der Waals surface area contributed by atoms with Gasteiger partial charge in [0.2, 0.25) is 5.91 Å². The van der Waals surface area contributed by atoms with Gasteiger partial charge in [-0.1, -0.05) is 40.0 Å². The summed E-state index contributed by atoms with van der Waals surface area (Å²) in [6.07, 6.45) is 10.3. The van der Waals surface area contributed by atoms with Crippen molar-refractivity contribution < 1.29 is 9.53 Å². The van der Waals surface area contributed by atoms with Crippen LogP contribution in [-0.4, -0.2) is 38.6 Å². The molecule has 1 aromatic rings. The van der Waals surface area contributed by atoms with E-state index in [0.717, 1.165) is 50.6 Å². The number of imidazole rings is 1. The van der Waals surface area contributed by atoms with Gasteiger partial charge in [-0.2, -0.15) is 0 Å². The second-order valence-corrected chi connectivity index (χ2v) is 6.63. The Hall–Kier alpha value is -1.36. The average molecular weight is 321 g/mol. The standard InChI is InChI=1S/C18H31N3O2/c1-5-8-17-21(14(4)22)16(11-15-12-19-13-20-15)18(23-17,9-6-2)10-7-3/h12-13,16-17H,5-11H2,1-4H3,(H,19,20)/t16-,17-/m0/s1. The summed E-state index contributed by atoms with van der Waals surface area (Å²) >= 11 is 0. The molecule has 1 amide bonds. The highest BCUT2D eigenvalue weighted by atomic mass is 16.5. The number of nitrogens with one attached hydrogen (secondary N) is 1. The van der Waals surface area contributed by atoms with Crippen LogP contribution in [0.2, 0.25) is 0 Å². The summed E-state index contributed by atoms with van der Waals surface area (Å²) in [6, 6.07) is 0.0692. The lowest BCUT2D eigenvalue weighted by atomic mass is 9.82. The largest absolute Gasteiger partial charge is 0.351 e. The molecule has 0 aliphatic carbocycles. The number of aromatic nitrogens is 2. The summed E-state index contributed by atoms with van der Waals surface area (Å²) in [7, 11) is 0. The molecule has 1 aliphatic rings. The van der Waals surface area contributed by atoms with Crippen LogP contribution < -0.4 is 0 Å². The normalized spacial score (nSPS) is 23.4. The number of nitrogens with zero attached hydrogens (tertiary/aromatic N) is 2. The average Bonchev–Trinajstić information content (AvgIpc) is 3.08. The number of rotatable bonds is 8. The molecule has 0 unspecified atom stereocenters. The molecule has 1 saturated heterocycles. The van der Waals surface area contributed by atoms with Gasteiger partial charge in [-0.25, -0.2) is 4.98 Å². The molecule has 1 aromatic heterocycles. The SMILES string of the molecule is CCC[C@@H]1OC(CCC)(CCC)[C@H](Cc2c[nH]cn2)N1C(C)=O. The first-order valence-corrected chi connectivity index (χ1v) is 9.02. The Morgan fingerprint density at radius 1 is 1.30 bits per heavy atom.